The summed E-state index contributed by atoms with van der Waals surface area (Å²) in [4.78, 5) is 0. The molecule has 1 rings (SSSR count). The van der Waals surface area contributed by atoms with Crippen molar-refractivity contribution in [3.63, 3.8) is 0 Å². The Kier molecular flexibility index (Phi) is 2.19. The Bertz CT molecular complexity index is 372. The third-order valence-electron chi connectivity index (χ3n) is 1.68. The van der Waals surface area contributed by atoms with Crippen LogP contribution in [0.1, 0.15) is 0 Å². The number of benzene rings is 1. The summed E-state index contributed by atoms with van der Waals surface area (Å²) in [5, 5.41) is 0. The summed E-state index contributed by atoms with van der Waals surface area (Å²) in [6, 6.07) is 2.69. The van der Waals surface area contributed by atoms with E-state index < -0.39 is 25.5 Å². The van der Waals surface area contributed by atoms with Gasteiger partial charge in [-0.3, -0.25) is 0 Å². The second kappa shape index (κ2) is 2.61. The molecule has 8 heteroatoms. The maximum atomic E-state index is 12.8. The van der Waals surface area contributed by atoms with Crippen molar-refractivity contribution in [1.29, 1.82) is 0 Å². The van der Waals surface area contributed by atoms with E-state index in [4.69, 9.17) is 0 Å². The maximum absolute atomic E-state index is 12.8. The molecule has 0 aliphatic heterocycles. The Hall–Kier alpha value is -0.480. The molecule has 0 bridgehead atoms. The molecule has 1 aromatic carbocycles. The van der Waals surface area contributed by atoms with Crippen LogP contribution in [0, 0.1) is 0 Å². The van der Waals surface area contributed by atoms with Gasteiger partial charge in [0.05, 0.1) is 0 Å². The van der Waals surface area contributed by atoms with E-state index in [0.717, 1.165) is 6.07 Å². The Balaban J connectivity index is 3.58. The van der Waals surface area contributed by atoms with Gasteiger partial charge in [0, 0.05) is 0 Å². The molecule has 0 unspecified atom stereocenters. The number of hydrogen-bond acceptors (Lipinski definition) is 0. The van der Waals surface area contributed by atoms with Gasteiger partial charge in [0.1, 0.15) is 0 Å². The van der Waals surface area contributed by atoms with E-state index in [0.29, 0.717) is 12.1 Å². The van der Waals surface area contributed by atoms with E-state index in [1.165, 1.54) is 0 Å². The van der Waals surface area contributed by atoms with Gasteiger partial charge in [0.25, 0.3) is 0 Å². The van der Waals surface area contributed by atoms with Gasteiger partial charge in [-0.05, 0) is 0 Å². The molecule has 0 fully saturated rings. The number of alkyl halides is 3. The van der Waals surface area contributed by atoms with Crippen molar-refractivity contribution >= 4 is 21.3 Å². The third kappa shape index (κ3) is 1.70. The van der Waals surface area contributed by atoms with E-state index in [9.17, 15) is 24.7 Å². The normalized spacial score (nSPS) is 18.1. The molecule has 0 aliphatic rings. The summed E-state index contributed by atoms with van der Waals surface area (Å²) < 4.78 is 77.7. The SMILES string of the molecule is FC(F)(F)[Te](F)(F)(F)(F)c1ccccc1. The van der Waals surface area contributed by atoms with Crippen LogP contribution in [0.4, 0.5) is 24.7 Å². The molecule has 0 amide bonds. The van der Waals surface area contributed by atoms with Crippen molar-refractivity contribution in [2.75, 3.05) is 0 Å². The second-order valence-corrected chi connectivity index (χ2v) is 11.6. The molecule has 15 heavy (non-hydrogen) atoms. The first kappa shape index (κ1) is 12.6. The minimum absolute atomic E-state index is 0.0961. The molecule has 1 aromatic rings. The van der Waals surface area contributed by atoms with Crippen LogP contribution >= 0.6 is 0 Å². The van der Waals surface area contributed by atoms with E-state index in [1.807, 2.05) is 0 Å². The fraction of sp³-hybridized carbons (Fsp3) is 0.143. The summed E-state index contributed by atoms with van der Waals surface area (Å²) >= 11 is -11.1. The van der Waals surface area contributed by atoms with E-state index >= 15 is 0 Å². The van der Waals surface area contributed by atoms with Crippen LogP contribution in [0.3, 0.4) is 0 Å². The van der Waals surface area contributed by atoms with Crippen LogP contribution in [0.15, 0.2) is 30.3 Å². The Morgan fingerprint density at radius 2 is 1.20 bits per heavy atom. The molecule has 0 spiro atoms. The van der Waals surface area contributed by atoms with Crippen LogP contribution in [0.5, 0.6) is 0 Å². The molecule has 0 atom stereocenters. The predicted molar refractivity (Wildman–Crippen MR) is 42.3 cm³/mol. The average Bonchev–Trinajstić information content (AvgIpc) is 2.02. The average molecular weight is 350 g/mol. The molecule has 88 valence electrons. The quantitative estimate of drug-likeness (QED) is 0.539. The number of rotatable bonds is 1. The standard InChI is InChI=1S/C7H5F7Te/c8-7(9,10)15(11,12,13,14)6-4-2-1-3-5-6/h1-5H. The summed E-state index contributed by atoms with van der Waals surface area (Å²) in [7, 11) is 0. The van der Waals surface area contributed by atoms with E-state index in [2.05, 4.69) is 0 Å². The van der Waals surface area contributed by atoms with Gasteiger partial charge in [0.15, 0.2) is 0 Å². The first-order valence-corrected chi connectivity index (χ1v) is 9.36. The molecular formula is C7H5F7Te. The molecule has 0 aromatic heterocycles. The van der Waals surface area contributed by atoms with Crippen LogP contribution < -0.4 is 3.61 Å². The van der Waals surface area contributed by atoms with Gasteiger partial charge in [-0.15, -0.1) is 0 Å². The Morgan fingerprint density at radius 3 is 1.53 bits per heavy atom. The van der Waals surface area contributed by atoms with Gasteiger partial charge in [-0.2, -0.15) is 0 Å². The topological polar surface area (TPSA) is 0 Å². The van der Waals surface area contributed by atoms with Crippen molar-refractivity contribution in [2.45, 2.75) is 4.22 Å². The fourth-order valence-electron chi connectivity index (χ4n) is 0.828. The molecule has 0 nitrogen and oxygen atoms in total. The van der Waals surface area contributed by atoms with Crippen LogP contribution in [-0.2, 0) is 0 Å². The number of hydrogen-bond donors (Lipinski definition) is 0. The first-order chi connectivity index (χ1) is 6.39. The second-order valence-electron chi connectivity index (χ2n) is 2.83. The Labute approximate surface area is 80.9 Å². The Morgan fingerprint density at radius 1 is 0.800 bits per heavy atom. The summed E-state index contributed by atoms with van der Waals surface area (Å²) in [6.07, 6.45) is 0. The van der Waals surface area contributed by atoms with Crippen LogP contribution in [0.25, 0.3) is 0 Å². The zero-order chi connectivity index (χ0) is 12.0. The third-order valence-corrected chi connectivity index (χ3v) is 7.82. The molecule has 0 heterocycles. The number of halogens is 7. The first-order valence-electron chi connectivity index (χ1n) is 3.50. The van der Waals surface area contributed by atoms with E-state index in [-0.39, 0.29) is 12.1 Å². The van der Waals surface area contributed by atoms with E-state index in [1.54, 1.807) is 0 Å². The van der Waals surface area contributed by atoms with Crippen molar-refractivity contribution in [3.05, 3.63) is 30.3 Å². The van der Waals surface area contributed by atoms with Crippen molar-refractivity contribution in [1.82, 2.24) is 0 Å². The minimum atomic E-state index is -11.1. The van der Waals surface area contributed by atoms with Crippen molar-refractivity contribution in [2.24, 2.45) is 0 Å². The zero-order valence-electron chi connectivity index (χ0n) is 6.94. The van der Waals surface area contributed by atoms with Crippen molar-refractivity contribution in [3.8, 4) is 0 Å². The fourth-order valence-corrected chi connectivity index (χ4v) is 3.60. The zero-order valence-corrected chi connectivity index (χ0v) is 9.27. The molecule has 0 aliphatic carbocycles. The van der Waals surface area contributed by atoms with Crippen LogP contribution in [-0.4, -0.2) is 21.9 Å². The van der Waals surface area contributed by atoms with Gasteiger partial charge >= 0.3 is 80.6 Å². The monoisotopic (exact) mass is 352 g/mol. The molecule has 0 N–H and O–H groups in total. The molecule has 0 radical (unpaired) electrons. The van der Waals surface area contributed by atoms with Gasteiger partial charge in [0.2, 0.25) is 0 Å². The summed E-state index contributed by atoms with van der Waals surface area (Å²) in [5.41, 5.74) is 0. The summed E-state index contributed by atoms with van der Waals surface area (Å²) in [5.74, 6) is 0. The van der Waals surface area contributed by atoms with Crippen LogP contribution in [0.2, 0.25) is 0 Å². The summed E-state index contributed by atoms with van der Waals surface area (Å²) in [6.45, 7) is 0. The van der Waals surface area contributed by atoms with Gasteiger partial charge < -0.3 is 0 Å². The van der Waals surface area contributed by atoms with Gasteiger partial charge in [-0.25, -0.2) is 0 Å². The molecule has 0 saturated carbocycles. The molecule has 0 saturated heterocycles. The predicted octanol–water partition coefficient (Wildman–Crippen LogP) is 3.22. The van der Waals surface area contributed by atoms with Gasteiger partial charge in [-0.1, -0.05) is 0 Å². The van der Waals surface area contributed by atoms with Crippen molar-refractivity contribution < 1.29 is 24.7 Å². The molecular weight excluding hydrogens is 345 g/mol.